The number of halogens is 2. The van der Waals surface area contributed by atoms with Crippen LogP contribution in [0.1, 0.15) is 39.1 Å². The van der Waals surface area contributed by atoms with Crippen LogP contribution in [0.4, 0.5) is 0 Å². The molecule has 0 aliphatic carbocycles. The first kappa shape index (κ1) is 25.9. The Bertz CT molecular complexity index is 1290. The SMILES string of the molecule is CCOC(=O)[C@H](C)Oc1c(Br)cc(C=Nn2c(CC)nc3ccc(Br)cc3c2=O)cc1OCC. The lowest BCUT2D eigenvalue weighted by Gasteiger charge is -2.18. The van der Waals surface area contributed by atoms with E-state index in [2.05, 4.69) is 41.9 Å². The molecule has 3 aromatic rings. The van der Waals surface area contributed by atoms with Gasteiger partial charge in [0, 0.05) is 10.9 Å². The summed E-state index contributed by atoms with van der Waals surface area (Å²) in [5, 5.41) is 4.89. The lowest BCUT2D eigenvalue weighted by atomic mass is 10.2. The number of hydrogen-bond acceptors (Lipinski definition) is 7. The highest BCUT2D eigenvalue weighted by atomic mass is 79.9. The molecule has 0 radical (unpaired) electrons. The third-order valence-corrected chi connectivity index (χ3v) is 5.84. The summed E-state index contributed by atoms with van der Waals surface area (Å²) < 4.78 is 19.2. The van der Waals surface area contributed by atoms with E-state index in [0.29, 0.717) is 51.3 Å². The summed E-state index contributed by atoms with van der Waals surface area (Å²) in [6.07, 6.45) is 1.27. The molecule has 0 unspecified atom stereocenters. The molecule has 2 aromatic carbocycles. The summed E-state index contributed by atoms with van der Waals surface area (Å²) in [4.78, 5) is 29.7. The molecule has 8 nitrogen and oxygen atoms in total. The maximum atomic E-state index is 13.1. The molecule has 1 atom stereocenters. The number of nitrogens with zero attached hydrogens (tertiary/aromatic N) is 3. The number of aryl methyl sites for hydroxylation is 1. The molecule has 0 bridgehead atoms. The van der Waals surface area contributed by atoms with Crippen molar-refractivity contribution in [1.82, 2.24) is 9.66 Å². The predicted octanol–water partition coefficient (Wildman–Crippen LogP) is 5.10. The minimum atomic E-state index is -0.816. The van der Waals surface area contributed by atoms with Crippen molar-refractivity contribution in [3.05, 3.63) is 61.0 Å². The number of rotatable bonds is 9. The maximum absolute atomic E-state index is 13.1. The monoisotopic (exact) mass is 593 g/mol. The van der Waals surface area contributed by atoms with Gasteiger partial charge < -0.3 is 14.2 Å². The molecule has 1 aromatic heterocycles. The van der Waals surface area contributed by atoms with Gasteiger partial charge in [-0.05, 0) is 72.6 Å². The van der Waals surface area contributed by atoms with E-state index in [1.807, 2.05) is 19.9 Å². The van der Waals surface area contributed by atoms with E-state index in [0.717, 1.165) is 4.47 Å². The van der Waals surface area contributed by atoms with Gasteiger partial charge in [-0.1, -0.05) is 22.9 Å². The molecule has 0 fully saturated rings. The molecule has 3 rings (SSSR count). The number of aromatic nitrogens is 2. The van der Waals surface area contributed by atoms with Gasteiger partial charge in [0.05, 0.1) is 34.8 Å². The van der Waals surface area contributed by atoms with Crippen LogP contribution < -0.4 is 15.0 Å². The van der Waals surface area contributed by atoms with Gasteiger partial charge in [0.25, 0.3) is 5.56 Å². The van der Waals surface area contributed by atoms with E-state index in [9.17, 15) is 9.59 Å². The number of carbonyl (C=O) groups is 1. The molecule has 0 spiro atoms. The number of esters is 1. The van der Waals surface area contributed by atoms with E-state index in [1.165, 1.54) is 4.68 Å². The van der Waals surface area contributed by atoms with Gasteiger partial charge >= 0.3 is 5.97 Å². The van der Waals surface area contributed by atoms with Crippen molar-refractivity contribution in [3.63, 3.8) is 0 Å². The third-order valence-electron chi connectivity index (χ3n) is 4.76. The maximum Gasteiger partial charge on any atom is 0.347 e. The second-order valence-corrected chi connectivity index (χ2v) is 8.95. The predicted molar refractivity (Wildman–Crippen MR) is 138 cm³/mol. The number of carbonyl (C=O) groups excluding carboxylic acids is 1. The standard InChI is InChI=1S/C24H25Br2N3O5/c1-5-21-28-19-9-8-16(25)12-17(19)23(30)29(21)27-13-15-10-18(26)22(20(11-15)32-6-2)34-14(4)24(31)33-7-3/h8-14H,5-7H2,1-4H3/t14-/m0/s1. The zero-order chi connectivity index (χ0) is 24.8. The first-order valence-corrected chi connectivity index (χ1v) is 12.4. The van der Waals surface area contributed by atoms with Crippen molar-refractivity contribution in [3.8, 4) is 11.5 Å². The lowest BCUT2D eigenvalue weighted by molar-refractivity contribution is -0.150. The van der Waals surface area contributed by atoms with Crippen molar-refractivity contribution >= 4 is 54.9 Å². The molecule has 0 saturated heterocycles. The van der Waals surface area contributed by atoms with Gasteiger partial charge in [0.2, 0.25) is 0 Å². The van der Waals surface area contributed by atoms with Crippen LogP contribution in [0.15, 0.2) is 49.2 Å². The molecule has 0 amide bonds. The van der Waals surface area contributed by atoms with E-state index in [4.69, 9.17) is 14.2 Å². The molecule has 10 heteroatoms. The van der Waals surface area contributed by atoms with Crippen molar-refractivity contribution < 1.29 is 19.0 Å². The Morgan fingerprint density at radius 1 is 1.18 bits per heavy atom. The summed E-state index contributed by atoms with van der Waals surface area (Å²) in [6.45, 7) is 7.76. The Balaban J connectivity index is 2.00. The van der Waals surface area contributed by atoms with E-state index >= 15 is 0 Å². The van der Waals surface area contributed by atoms with Crippen LogP contribution in [0.2, 0.25) is 0 Å². The Hall–Kier alpha value is -2.72. The van der Waals surface area contributed by atoms with Crippen molar-refractivity contribution in [2.75, 3.05) is 13.2 Å². The summed E-state index contributed by atoms with van der Waals surface area (Å²) in [6, 6.07) is 8.88. The molecule has 0 saturated carbocycles. The summed E-state index contributed by atoms with van der Waals surface area (Å²) in [5.74, 6) is 0.883. The second-order valence-electron chi connectivity index (χ2n) is 7.18. The zero-order valence-electron chi connectivity index (χ0n) is 19.3. The fourth-order valence-electron chi connectivity index (χ4n) is 3.19. The molecule has 0 aliphatic heterocycles. The highest BCUT2D eigenvalue weighted by Crippen LogP contribution is 2.37. The van der Waals surface area contributed by atoms with Crippen LogP contribution in [0.25, 0.3) is 10.9 Å². The quantitative estimate of drug-likeness (QED) is 0.253. The topological polar surface area (TPSA) is 92.0 Å². The third kappa shape index (κ3) is 5.85. The Morgan fingerprint density at radius 3 is 2.62 bits per heavy atom. The number of fused-ring (bicyclic) bond motifs is 1. The van der Waals surface area contributed by atoms with E-state index < -0.39 is 12.1 Å². The molecular weight excluding hydrogens is 570 g/mol. The fraction of sp³-hybridized carbons (Fsp3) is 0.333. The average molecular weight is 595 g/mol. The van der Waals surface area contributed by atoms with Crippen LogP contribution >= 0.6 is 31.9 Å². The lowest BCUT2D eigenvalue weighted by Crippen LogP contribution is -2.26. The van der Waals surface area contributed by atoms with Crippen LogP contribution in [0, 0.1) is 0 Å². The molecular formula is C24H25Br2N3O5. The molecule has 0 N–H and O–H groups in total. The van der Waals surface area contributed by atoms with E-state index in [1.54, 1.807) is 44.3 Å². The zero-order valence-corrected chi connectivity index (χ0v) is 22.5. The highest BCUT2D eigenvalue weighted by molar-refractivity contribution is 9.10. The van der Waals surface area contributed by atoms with Crippen LogP contribution in [-0.4, -0.2) is 41.2 Å². The van der Waals surface area contributed by atoms with Crippen molar-refractivity contribution in [2.45, 2.75) is 40.2 Å². The van der Waals surface area contributed by atoms with Crippen molar-refractivity contribution in [1.29, 1.82) is 0 Å². The largest absolute Gasteiger partial charge is 0.490 e. The number of ether oxygens (including phenoxy) is 3. The van der Waals surface area contributed by atoms with Gasteiger partial charge in [-0.2, -0.15) is 9.78 Å². The number of benzene rings is 2. The van der Waals surface area contributed by atoms with Gasteiger partial charge in [-0.3, -0.25) is 4.79 Å². The average Bonchev–Trinajstić information content (AvgIpc) is 2.81. The smallest absolute Gasteiger partial charge is 0.347 e. The first-order chi connectivity index (χ1) is 16.3. The van der Waals surface area contributed by atoms with Gasteiger partial charge in [0.15, 0.2) is 17.6 Å². The fourth-order valence-corrected chi connectivity index (χ4v) is 4.11. The normalized spacial score (nSPS) is 12.2. The minimum Gasteiger partial charge on any atom is -0.490 e. The van der Waals surface area contributed by atoms with Gasteiger partial charge in [0.1, 0.15) is 5.82 Å². The van der Waals surface area contributed by atoms with Crippen LogP contribution in [0.3, 0.4) is 0 Å². The summed E-state index contributed by atoms with van der Waals surface area (Å²) in [5.41, 5.74) is 1.02. The Kier molecular flexibility index (Phi) is 8.84. The summed E-state index contributed by atoms with van der Waals surface area (Å²) in [7, 11) is 0. The molecule has 0 aliphatic rings. The second kappa shape index (κ2) is 11.6. The molecule has 180 valence electrons. The minimum absolute atomic E-state index is 0.258. The molecule has 1 heterocycles. The van der Waals surface area contributed by atoms with Crippen LogP contribution in [-0.2, 0) is 16.0 Å². The highest BCUT2D eigenvalue weighted by Gasteiger charge is 2.21. The summed E-state index contributed by atoms with van der Waals surface area (Å²) >= 11 is 6.89. The van der Waals surface area contributed by atoms with Gasteiger partial charge in [-0.15, -0.1) is 0 Å². The van der Waals surface area contributed by atoms with Gasteiger partial charge in [-0.25, -0.2) is 9.78 Å². The van der Waals surface area contributed by atoms with E-state index in [-0.39, 0.29) is 12.2 Å². The first-order valence-electron chi connectivity index (χ1n) is 10.8. The van der Waals surface area contributed by atoms with Crippen LogP contribution in [0.5, 0.6) is 11.5 Å². The number of hydrogen-bond donors (Lipinski definition) is 0. The Labute approximate surface area is 214 Å². The van der Waals surface area contributed by atoms with Crippen molar-refractivity contribution in [2.24, 2.45) is 5.10 Å². The molecule has 34 heavy (non-hydrogen) atoms. The Morgan fingerprint density at radius 2 is 1.94 bits per heavy atom.